The van der Waals surface area contributed by atoms with Crippen LogP contribution in [0.4, 0.5) is 0 Å². The van der Waals surface area contributed by atoms with Crippen LogP contribution in [0.2, 0.25) is 0 Å². The fraction of sp³-hybridized carbons (Fsp3) is 0.818. The lowest BCUT2D eigenvalue weighted by molar-refractivity contribution is -0.130. The second-order valence-corrected chi connectivity index (χ2v) is 6.27. The molecule has 17 heavy (non-hydrogen) atoms. The number of hydrogen-bond acceptors (Lipinski definition) is 5. The molecule has 0 aliphatic heterocycles. The minimum absolute atomic E-state index is 0.0236. The van der Waals surface area contributed by atoms with Crippen molar-refractivity contribution in [1.82, 2.24) is 0 Å². The first kappa shape index (κ1) is 16.5. The summed E-state index contributed by atoms with van der Waals surface area (Å²) in [6, 6.07) is 0. The predicted molar refractivity (Wildman–Crippen MR) is 65.1 cm³/mol. The second kappa shape index (κ2) is 7.04. The van der Waals surface area contributed by atoms with Crippen molar-refractivity contribution in [1.29, 1.82) is 0 Å². The van der Waals surface area contributed by atoms with Crippen LogP contribution in [0.5, 0.6) is 0 Å². The molecule has 2 atom stereocenters. The molecule has 0 saturated carbocycles. The van der Waals surface area contributed by atoms with E-state index in [2.05, 4.69) is 0 Å². The molecule has 0 rings (SSSR count). The van der Waals surface area contributed by atoms with E-state index < -0.39 is 13.5 Å². The Morgan fingerprint density at radius 1 is 1.06 bits per heavy atom. The lowest BCUT2D eigenvalue weighted by Crippen LogP contribution is -2.27. The molecule has 100 valence electrons. The first-order valence-electron chi connectivity index (χ1n) is 5.57. The molecule has 5 nitrogen and oxygen atoms in total. The van der Waals surface area contributed by atoms with Gasteiger partial charge < -0.3 is 9.05 Å². The van der Waals surface area contributed by atoms with Crippen LogP contribution >= 0.6 is 7.60 Å². The van der Waals surface area contributed by atoms with E-state index in [0.29, 0.717) is 6.42 Å². The Balaban J connectivity index is 4.62. The highest BCUT2D eigenvalue weighted by atomic mass is 31.2. The molecule has 0 bridgehead atoms. The smallest absolute Gasteiger partial charge is 0.312 e. The summed E-state index contributed by atoms with van der Waals surface area (Å²) in [5.74, 6) is -1.09. The van der Waals surface area contributed by atoms with Crippen molar-refractivity contribution in [3.05, 3.63) is 0 Å². The summed E-state index contributed by atoms with van der Waals surface area (Å²) in [6.45, 7) is 5.13. The predicted octanol–water partition coefficient (Wildman–Crippen LogP) is 2.29. The first-order valence-corrected chi connectivity index (χ1v) is 7.30. The molecule has 0 saturated heterocycles. The monoisotopic (exact) mass is 264 g/mol. The summed E-state index contributed by atoms with van der Waals surface area (Å²) >= 11 is 0. The number of rotatable bonds is 8. The van der Waals surface area contributed by atoms with Gasteiger partial charge in [-0.3, -0.25) is 14.2 Å². The Morgan fingerprint density at radius 3 is 1.82 bits per heavy atom. The highest BCUT2D eigenvalue weighted by molar-refractivity contribution is 7.54. The standard InChI is InChI=1S/C11H21O5P/c1-6-10(12)8(2)9(3)11(13)7-17(14,15-4)16-5/h8-9H,6-7H2,1-5H3. The van der Waals surface area contributed by atoms with E-state index in [-0.39, 0.29) is 23.6 Å². The van der Waals surface area contributed by atoms with Crippen molar-refractivity contribution in [3.8, 4) is 0 Å². The average Bonchev–Trinajstić information content (AvgIpc) is 2.35. The second-order valence-electron chi connectivity index (χ2n) is 4.00. The molecule has 0 amide bonds. The van der Waals surface area contributed by atoms with E-state index in [4.69, 9.17) is 9.05 Å². The van der Waals surface area contributed by atoms with Crippen molar-refractivity contribution in [3.63, 3.8) is 0 Å². The van der Waals surface area contributed by atoms with Gasteiger partial charge in [-0.15, -0.1) is 0 Å². The Bertz CT molecular complexity index is 318. The summed E-state index contributed by atoms with van der Waals surface area (Å²) in [4.78, 5) is 23.3. The Labute approximate surface area is 102 Å². The number of Topliss-reactive ketones (excluding diaryl/α,β-unsaturated/α-hetero) is 2. The van der Waals surface area contributed by atoms with Crippen LogP contribution < -0.4 is 0 Å². The van der Waals surface area contributed by atoms with Crippen LogP contribution in [-0.2, 0) is 23.2 Å². The summed E-state index contributed by atoms with van der Waals surface area (Å²) < 4.78 is 21.2. The van der Waals surface area contributed by atoms with Gasteiger partial charge in [-0.2, -0.15) is 0 Å². The van der Waals surface area contributed by atoms with Gasteiger partial charge in [-0.1, -0.05) is 20.8 Å². The first-order chi connectivity index (χ1) is 7.81. The summed E-state index contributed by atoms with van der Waals surface area (Å²) in [6.07, 6.45) is 0.105. The summed E-state index contributed by atoms with van der Waals surface area (Å²) in [7, 11) is -0.853. The lowest BCUT2D eigenvalue weighted by atomic mass is 9.88. The molecule has 0 aromatic heterocycles. The Hall–Kier alpha value is -0.510. The third-order valence-electron chi connectivity index (χ3n) is 3.02. The van der Waals surface area contributed by atoms with Crippen LogP contribution in [0.3, 0.4) is 0 Å². The summed E-state index contributed by atoms with van der Waals surface area (Å²) in [5, 5.41) is 0. The fourth-order valence-electron chi connectivity index (χ4n) is 1.42. The van der Waals surface area contributed by atoms with Gasteiger partial charge in [0.1, 0.15) is 17.7 Å². The highest BCUT2D eigenvalue weighted by Gasteiger charge is 2.32. The molecule has 0 spiro atoms. The van der Waals surface area contributed by atoms with Gasteiger partial charge in [-0.25, -0.2) is 0 Å². The van der Waals surface area contributed by atoms with Crippen molar-refractivity contribution in [2.45, 2.75) is 27.2 Å². The van der Waals surface area contributed by atoms with Crippen LogP contribution in [0.1, 0.15) is 27.2 Å². The minimum Gasteiger partial charge on any atom is -0.312 e. The van der Waals surface area contributed by atoms with Gasteiger partial charge in [-0.05, 0) is 0 Å². The maximum atomic E-state index is 11.9. The number of carbonyl (C=O) groups is 2. The molecular weight excluding hydrogens is 243 g/mol. The van der Waals surface area contributed by atoms with Crippen molar-refractivity contribution < 1.29 is 23.2 Å². The van der Waals surface area contributed by atoms with Gasteiger partial charge in [0, 0.05) is 32.5 Å². The van der Waals surface area contributed by atoms with Crippen LogP contribution in [-0.4, -0.2) is 31.9 Å². The highest BCUT2D eigenvalue weighted by Crippen LogP contribution is 2.46. The van der Waals surface area contributed by atoms with Crippen molar-refractivity contribution >= 4 is 19.2 Å². The zero-order valence-electron chi connectivity index (χ0n) is 11.1. The largest absolute Gasteiger partial charge is 0.337 e. The van der Waals surface area contributed by atoms with Crippen LogP contribution in [0.25, 0.3) is 0 Å². The Morgan fingerprint density at radius 2 is 1.47 bits per heavy atom. The molecule has 0 aromatic carbocycles. The van der Waals surface area contributed by atoms with Crippen molar-refractivity contribution in [2.24, 2.45) is 11.8 Å². The minimum atomic E-state index is -3.33. The molecule has 0 radical (unpaired) electrons. The zero-order valence-corrected chi connectivity index (χ0v) is 12.0. The van der Waals surface area contributed by atoms with E-state index in [1.54, 1.807) is 20.8 Å². The third kappa shape index (κ3) is 4.70. The fourth-order valence-corrected chi connectivity index (χ4v) is 2.50. The maximum Gasteiger partial charge on any atom is 0.337 e. The normalized spacial score (nSPS) is 15.4. The molecule has 0 aliphatic carbocycles. The van der Waals surface area contributed by atoms with Gasteiger partial charge >= 0.3 is 7.60 Å². The van der Waals surface area contributed by atoms with E-state index in [9.17, 15) is 14.2 Å². The molecule has 0 N–H and O–H groups in total. The number of ketones is 2. The average molecular weight is 264 g/mol. The Kier molecular flexibility index (Phi) is 6.83. The molecule has 0 heterocycles. The van der Waals surface area contributed by atoms with E-state index in [1.807, 2.05) is 0 Å². The van der Waals surface area contributed by atoms with Gasteiger partial charge in [0.25, 0.3) is 0 Å². The number of hydrogen-bond donors (Lipinski definition) is 0. The maximum absolute atomic E-state index is 11.9. The molecular formula is C11H21O5P. The van der Waals surface area contributed by atoms with Crippen LogP contribution in [0.15, 0.2) is 0 Å². The number of carbonyl (C=O) groups excluding carboxylic acids is 2. The van der Waals surface area contributed by atoms with E-state index in [0.717, 1.165) is 0 Å². The van der Waals surface area contributed by atoms with E-state index >= 15 is 0 Å². The van der Waals surface area contributed by atoms with Gasteiger partial charge in [0.15, 0.2) is 0 Å². The van der Waals surface area contributed by atoms with Gasteiger partial charge in [0.05, 0.1) is 0 Å². The van der Waals surface area contributed by atoms with E-state index in [1.165, 1.54) is 14.2 Å². The summed E-state index contributed by atoms with van der Waals surface area (Å²) in [5.41, 5.74) is 0. The third-order valence-corrected chi connectivity index (χ3v) is 4.83. The quantitative estimate of drug-likeness (QED) is 0.629. The molecule has 0 aromatic rings. The topological polar surface area (TPSA) is 69.7 Å². The molecule has 2 unspecified atom stereocenters. The molecule has 0 fully saturated rings. The van der Waals surface area contributed by atoms with Crippen molar-refractivity contribution in [2.75, 3.05) is 20.4 Å². The van der Waals surface area contributed by atoms with Crippen LogP contribution in [0, 0.1) is 11.8 Å². The molecule has 6 heteroatoms. The SMILES string of the molecule is CCC(=O)C(C)C(C)C(=O)CP(=O)(OC)OC. The lowest BCUT2D eigenvalue weighted by Gasteiger charge is -2.19. The molecule has 0 aliphatic rings. The van der Waals surface area contributed by atoms with Gasteiger partial charge in [0.2, 0.25) is 0 Å². The zero-order chi connectivity index (χ0) is 13.6.